The van der Waals surface area contributed by atoms with E-state index in [-0.39, 0.29) is 5.82 Å². The van der Waals surface area contributed by atoms with Crippen molar-refractivity contribution >= 4 is 5.82 Å². The topological polar surface area (TPSA) is 16.1 Å². The fourth-order valence-electron chi connectivity index (χ4n) is 2.02. The highest BCUT2D eigenvalue weighted by Gasteiger charge is 2.25. The van der Waals surface area contributed by atoms with Gasteiger partial charge in [0, 0.05) is 19.2 Å². The first kappa shape index (κ1) is 11.2. The van der Waals surface area contributed by atoms with Crippen LogP contribution in [0.5, 0.6) is 0 Å². The molecule has 2 nitrogen and oxygen atoms in total. The predicted molar refractivity (Wildman–Crippen MR) is 54.7 cm³/mol. The van der Waals surface area contributed by atoms with E-state index in [1.165, 1.54) is 0 Å². The second-order valence-corrected chi connectivity index (χ2v) is 4.08. The van der Waals surface area contributed by atoms with Gasteiger partial charge in [0.15, 0.2) is 17.5 Å². The molecule has 1 unspecified atom stereocenters. The van der Waals surface area contributed by atoms with Crippen LogP contribution in [0.2, 0.25) is 0 Å². The van der Waals surface area contributed by atoms with Crippen molar-refractivity contribution in [2.45, 2.75) is 19.8 Å². The Morgan fingerprint density at radius 2 is 2.12 bits per heavy atom. The monoisotopic (exact) mass is 230 g/mol. The van der Waals surface area contributed by atoms with Crippen LogP contribution in [0.15, 0.2) is 6.07 Å². The summed E-state index contributed by atoms with van der Waals surface area (Å²) in [5.74, 6) is -2.87. The molecule has 2 rings (SSSR count). The number of halogens is 3. The van der Waals surface area contributed by atoms with Crippen molar-refractivity contribution in [3.8, 4) is 0 Å². The van der Waals surface area contributed by atoms with Gasteiger partial charge in [-0.15, -0.1) is 0 Å². The molecule has 1 aliphatic rings. The molecule has 1 fully saturated rings. The Hall–Kier alpha value is -1.26. The first-order chi connectivity index (χ1) is 7.61. The van der Waals surface area contributed by atoms with E-state index in [2.05, 4.69) is 11.9 Å². The van der Waals surface area contributed by atoms with Crippen molar-refractivity contribution in [1.29, 1.82) is 0 Å². The lowest BCUT2D eigenvalue weighted by atomic mass is 10.1. The molecule has 0 spiro atoms. The molecule has 1 atom stereocenters. The minimum Gasteiger partial charge on any atom is -0.354 e. The van der Waals surface area contributed by atoms with E-state index in [0.717, 1.165) is 12.8 Å². The molecule has 1 aromatic heterocycles. The van der Waals surface area contributed by atoms with E-state index in [0.29, 0.717) is 25.1 Å². The van der Waals surface area contributed by atoms with Gasteiger partial charge in [0.1, 0.15) is 0 Å². The fraction of sp³-hybridized carbons (Fsp3) is 0.545. The predicted octanol–water partition coefficient (Wildman–Crippen LogP) is 2.74. The summed E-state index contributed by atoms with van der Waals surface area (Å²) >= 11 is 0. The first-order valence-electron chi connectivity index (χ1n) is 5.38. The molecule has 0 amide bonds. The Labute approximate surface area is 92.1 Å². The molecular weight excluding hydrogens is 217 g/mol. The Morgan fingerprint density at radius 1 is 1.38 bits per heavy atom. The lowest BCUT2D eigenvalue weighted by Gasteiger charge is -2.17. The molecule has 0 aliphatic carbocycles. The zero-order chi connectivity index (χ0) is 11.7. The summed E-state index contributed by atoms with van der Waals surface area (Å²) in [6.45, 7) is 3.36. The summed E-state index contributed by atoms with van der Waals surface area (Å²) in [5, 5.41) is 0. The Kier molecular flexibility index (Phi) is 3.03. The van der Waals surface area contributed by atoms with E-state index in [1.54, 1.807) is 4.90 Å². The van der Waals surface area contributed by atoms with Crippen molar-refractivity contribution in [2.24, 2.45) is 5.92 Å². The van der Waals surface area contributed by atoms with E-state index in [9.17, 15) is 13.2 Å². The molecule has 1 aliphatic heterocycles. The van der Waals surface area contributed by atoms with Gasteiger partial charge >= 0.3 is 0 Å². The van der Waals surface area contributed by atoms with Gasteiger partial charge in [-0.3, -0.25) is 0 Å². The summed E-state index contributed by atoms with van der Waals surface area (Å²) in [5.41, 5.74) is 0. The van der Waals surface area contributed by atoms with Crippen LogP contribution in [0.4, 0.5) is 19.0 Å². The smallest absolute Gasteiger partial charge is 0.251 e. The highest BCUT2D eigenvalue weighted by molar-refractivity contribution is 5.41. The van der Waals surface area contributed by atoms with Gasteiger partial charge in [0.25, 0.3) is 5.95 Å². The minimum atomic E-state index is -1.24. The number of hydrogen-bond acceptors (Lipinski definition) is 2. The third kappa shape index (κ3) is 1.99. The molecule has 0 radical (unpaired) electrons. The molecule has 0 saturated carbocycles. The molecule has 0 aromatic carbocycles. The normalized spacial score (nSPS) is 20.5. The van der Waals surface area contributed by atoms with Gasteiger partial charge in [0.2, 0.25) is 0 Å². The zero-order valence-corrected chi connectivity index (χ0v) is 9.01. The molecule has 1 aromatic rings. The number of hydrogen-bond donors (Lipinski definition) is 0. The average molecular weight is 230 g/mol. The molecule has 5 heteroatoms. The fourth-order valence-corrected chi connectivity index (χ4v) is 2.02. The molecule has 0 N–H and O–H groups in total. The summed E-state index contributed by atoms with van der Waals surface area (Å²) in [6, 6.07) is 0.553. The third-order valence-electron chi connectivity index (χ3n) is 3.03. The van der Waals surface area contributed by atoms with E-state index in [4.69, 9.17) is 0 Å². The Balaban J connectivity index is 2.24. The number of rotatable bonds is 2. The molecule has 16 heavy (non-hydrogen) atoms. The standard InChI is InChI=1S/C11H13F3N2/c1-2-7-3-4-16(6-7)11-9(13)5-8(12)10(14)15-11/h5,7H,2-4,6H2,1H3. The minimum absolute atomic E-state index is 0.0742. The highest BCUT2D eigenvalue weighted by Crippen LogP contribution is 2.26. The highest BCUT2D eigenvalue weighted by atomic mass is 19.2. The Bertz CT molecular complexity index is 395. The van der Waals surface area contributed by atoms with Crippen LogP contribution in [0.1, 0.15) is 19.8 Å². The maximum atomic E-state index is 13.4. The van der Waals surface area contributed by atoms with Crippen LogP contribution >= 0.6 is 0 Å². The van der Waals surface area contributed by atoms with Crippen LogP contribution in [0, 0.1) is 23.5 Å². The second-order valence-electron chi connectivity index (χ2n) is 4.08. The Morgan fingerprint density at radius 3 is 2.75 bits per heavy atom. The number of anilines is 1. The van der Waals surface area contributed by atoms with Crippen molar-refractivity contribution in [2.75, 3.05) is 18.0 Å². The summed E-state index contributed by atoms with van der Waals surface area (Å²) in [7, 11) is 0. The van der Waals surface area contributed by atoms with Crippen LogP contribution in [0.3, 0.4) is 0 Å². The third-order valence-corrected chi connectivity index (χ3v) is 3.03. The van der Waals surface area contributed by atoms with Crippen molar-refractivity contribution in [3.63, 3.8) is 0 Å². The van der Waals surface area contributed by atoms with Crippen molar-refractivity contribution in [1.82, 2.24) is 4.98 Å². The van der Waals surface area contributed by atoms with E-state index < -0.39 is 17.6 Å². The van der Waals surface area contributed by atoms with Crippen LogP contribution in [-0.2, 0) is 0 Å². The van der Waals surface area contributed by atoms with E-state index >= 15 is 0 Å². The van der Waals surface area contributed by atoms with Gasteiger partial charge in [-0.05, 0) is 12.3 Å². The second kappa shape index (κ2) is 4.31. The van der Waals surface area contributed by atoms with Gasteiger partial charge in [-0.1, -0.05) is 13.3 Å². The van der Waals surface area contributed by atoms with Crippen LogP contribution in [-0.4, -0.2) is 18.1 Å². The van der Waals surface area contributed by atoms with Crippen LogP contribution in [0.25, 0.3) is 0 Å². The molecular formula is C11H13F3N2. The van der Waals surface area contributed by atoms with Crippen molar-refractivity contribution < 1.29 is 13.2 Å². The maximum absolute atomic E-state index is 13.4. The van der Waals surface area contributed by atoms with Gasteiger partial charge in [-0.2, -0.15) is 9.37 Å². The summed E-state index contributed by atoms with van der Waals surface area (Å²) in [4.78, 5) is 5.00. The first-order valence-corrected chi connectivity index (χ1v) is 5.38. The number of aromatic nitrogens is 1. The largest absolute Gasteiger partial charge is 0.354 e. The lowest BCUT2D eigenvalue weighted by molar-refractivity contribution is 0.463. The van der Waals surface area contributed by atoms with Crippen LogP contribution < -0.4 is 4.90 Å². The van der Waals surface area contributed by atoms with Gasteiger partial charge < -0.3 is 4.90 Å². The van der Waals surface area contributed by atoms with E-state index in [1.807, 2.05) is 0 Å². The zero-order valence-electron chi connectivity index (χ0n) is 9.01. The van der Waals surface area contributed by atoms with Gasteiger partial charge in [0.05, 0.1) is 0 Å². The summed E-state index contributed by atoms with van der Waals surface area (Å²) in [6.07, 6.45) is 1.94. The number of pyridine rings is 1. The van der Waals surface area contributed by atoms with Gasteiger partial charge in [-0.25, -0.2) is 8.78 Å². The average Bonchev–Trinajstić information content (AvgIpc) is 2.71. The molecule has 1 saturated heterocycles. The number of nitrogens with zero attached hydrogens (tertiary/aromatic N) is 2. The molecule has 2 heterocycles. The molecule has 88 valence electrons. The molecule has 0 bridgehead atoms. The SMILES string of the molecule is CCC1CCN(c2nc(F)c(F)cc2F)C1. The lowest BCUT2D eigenvalue weighted by Crippen LogP contribution is -2.22. The maximum Gasteiger partial charge on any atom is 0.251 e. The quantitative estimate of drug-likeness (QED) is 0.726. The van der Waals surface area contributed by atoms with Crippen molar-refractivity contribution in [3.05, 3.63) is 23.6 Å². The summed E-state index contributed by atoms with van der Waals surface area (Å²) < 4.78 is 39.0.